The number of hydrogen-bond acceptors (Lipinski definition) is 4. The number of amides is 1. The average molecular weight is 364 g/mol. The summed E-state index contributed by atoms with van der Waals surface area (Å²) in [5.41, 5.74) is 0.828. The topological polar surface area (TPSA) is 56.8 Å². The van der Waals surface area contributed by atoms with Crippen LogP contribution in [0.3, 0.4) is 0 Å². The molecule has 2 aromatic rings. The van der Waals surface area contributed by atoms with Crippen LogP contribution >= 0.6 is 11.6 Å². The van der Waals surface area contributed by atoms with Crippen LogP contribution in [0.4, 0.5) is 0 Å². The van der Waals surface area contributed by atoms with Crippen LogP contribution in [-0.2, 0) is 4.79 Å². The fourth-order valence-corrected chi connectivity index (χ4v) is 2.48. The van der Waals surface area contributed by atoms with Crippen molar-refractivity contribution in [1.29, 1.82) is 0 Å². The molecule has 25 heavy (non-hydrogen) atoms. The van der Waals surface area contributed by atoms with E-state index in [1.165, 1.54) is 0 Å². The van der Waals surface area contributed by atoms with Crippen LogP contribution in [0, 0.1) is 0 Å². The molecule has 5 nitrogen and oxygen atoms in total. The van der Waals surface area contributed by atoms with Gasteiger partial charge in [0.25, 0.3) is 5.91 Å². The molecule has 134 valence electrons. The first-order chi connectivity index (χ1) is 11.9. The van der Waals surface area contributed by atoms with Gasteiger partial charge in [0, 0.05) is 10.6 Å². The third-order valence-electron chi connectivity index (χ3n) is 3.76. The van der Waals surface area contributed by atoms with Gasteiger partial charge >= 0.3 is 0 Å². The summed E-state index contributed by atoms with van der Waals surface area (Å²) in [5.74, 6) is 1.73. The monoisotopic (exact) mass is 363 g/mol. The van der Waals surface area contributed by atoms with Gasteiger partial charge in [0.2, 0.25) is 0 Å². The number of carbonyl (C=O) groups excluding carboxylic acids is 1. The van der Waals surface area contributed by atoms with E-state index in [0.29, 0.717) is 22.3 Å². The van der Waals surface area contributed by atoms with Crippen molar-refractivity contribution in [3.05, 3.63) is 53.1 Å². The Bertz CT molecular complexity index is 718. The van der Waals surface area contributed by atoms with E-state index >= 15 is 0 Å². The van der Waals surface area contributed by atoms with Crippen LogP contribution in [-0.4, -0.2) is 26.2 Å². The van der Waals surface area contributed by atoms with Crippen LogP contribution in [0.25, 0.3) is 0 Å². The van der Waals surface area contributed by atoms with Gasteiger partial charge < -0.3 is 19.5 Å². The average Bonchev–Trinajstić information content (AvgIpc) is 2.62. The molecule has 0 heterocycles. The molecule has 1 amide bonds. The zero-order valence-electron chi connectivity index (χ0n) is 14.7. The van der Waals surface area contributed by atoms with Gasteiger partial charge in [-0.2, -0.15) is 0 Å². The highest BCUT2D eigenvalue weighted by atomic mass is 35.5. The number of benzene rings is 2. The first-order valence-electron chi connectivity index (χ1n) is 7.89. The number of halogens is 1. The van der Waals surface area contributed by atoms with Gasteiger partial charge in [-0.3, -0.25) is 4.79 Å². The van der Waals surface area contributed by atoms with Crippen LogP contribution in [0.5, 0.6) is 17.2 Å². The Morgan fingerprint density at radius 1 is 1.00 bits per heavy atom. The molecule has 0 aliphatic carbocycles. The van der Waals surface area contributed by atoms with E-state index in [-0.39, 0.29) is 11.9 Å². The molecular formula is C19H22ClNO4. The molecule has 0 radical (unpaired) electrons. The summed E-state index contributed by atoms with van der Waals surface area (Å²) in [6.07, 6.45) is -0.653. The van der Waals surface area contributed by atoms with Gasteiger partial charge in [0.15, 0.2) is 6.10 Å². The number of ether oxygens (including phenoxy) is 3. The van der Waals surface area contributed by atoms with Gasteiger partial charge in [0.05, 0.1) is 20.3 Å². The maximum atomic E-state index is 12.4. The summed E-state index contributed by atoms with van der Waals surface area (Å²) in [7, 11) is 3.18. The van der Waals surface area contributed by atoms with Crippen LogP contribution < -0.4 is 19.5 Å². The molecule has 0 aromatic heterocycles. The second-order valence-electron chi connectivity index (χ2n) is 5.55. The van der Waals surface area contributed by atoms with Crippen molar-refractivity contribution < 1.29 is 19.0 Å². The lowest BCUT2D eigenvalue weighted by Gasteiger charge is -2.21. The van der Waals surface area contributed by atoms with E-state index in [1.807, 2.05) is 25.1 Å². The van der Waals surface area contributed by atoms with Gasteiger partial charge in [0.1, 0.15) is 17.2 Å². The van der Waals surface area contributed by atoms with E-state index < -0.39 is 6.10 Å². The molecule has 6 heteroatoms. The van der Waals surface area contributed by atoms with Crippen molar-refractivity contribution >= 4 is 17.5 Å². The van der Waals surface area contributed by atoms with Crippen LogP contribution in [0.2, 0.25) is 5.02 Å². The van der Waals surface area contributed by atoms with Crippen LogP contribution in [0.15, 0.2) is 42.5 Å². The Kier molecular flexibility index (Phi) is 6.53. The Morgan fingerprint density at radius 3 is 2.24 bits per heavy atom. The molecular weight excluding hydrogens is 342 g/mol. The summed E-state index contributed by atoms with van der Waals surface area (Å²) in [4.78, 5) is 12.4. The van der Waals surface area contributed by atoms with E-state index in [4.69, 9.17) is 25.8 Å². The summed E-state index contributed by atoms with van der Waals surface area (Å²) in [5, 5.41) is 3.54. The molecule has 0 aliphatic rings. The third-order valence-corrected chi connectivity index (χ3v) is 4.01. The van der Waals surface area contributed by atoms with Crippen molar-refractivity contribution in [1.82, 2.24) is 5.32 Å². The first-order valence-corrected chi connectivity index (χ1v) is 8.27. The number of rotatable bonds is 7. The number of hydrogen-bond donors (Lipinski definition) is 1. The van der Waals surface area contributed by atoms with E-state index in [0.717, 1.165) is 5.56 Å². The minimum Gasteiger partial charge on any atom is -0.497 e. The molecule has 2 aromatic carbocycles. The lowest BCUT2D eigenvalue weighted by molar-refractivity contribution is -0.127. The van der Waals surface area contributed by atoms with Gasteiger partial charge in [-0.15, -0.1) is 0 Å². The highest BCUT2D eigenvalue weighted by Crippen LogP contribution is 2.29. The van der Waals surface area contributed by atoms with Gasteiger partial charge in [-0.05, 0) is 56.3 Å². The molecule has 0 unspecified atom stereocenters. The molecule has 0 saturated heterocycles. The zero-order chi connectivity index (χ0) is 18.4. The summed E-state index contributed by atoms with van der Waals surface area (Å²) >= 11 is 5.84. The molecule has 0 saturated carbocycles. The quantitative estimate of drug-likeness (QED) is 0.807. The smallest absolute Gasteiger partial charge is 0.261 e. The summed E-state index contributed by atoms with van der Waals surface area (Å²) < 4.78 is 16.2. The predicted octanol–water partition coefficient (Wildman–Crippen LogP) is 4.00. The normalized spacial score (nSPS) is 12.8. The molecule has 0 spiro atoms. The lowest BCUT2D eigenvalue weighted by atomic mass is 10.1. The number of carbonyl (C=O) groups is 1. The van der Waals surface area contributed by atoms with E-state index in [9.17, 15) is 4.79 Å². The Labute approximate surface area is 152 Å². The van der Waals surface area contributed by atoms with Crippen molar-refractivity contribution in [3.8, 4) is 17.2 Å². The fourth-order valence-electron chi connectivity index (χ4n) is 2.36. The third kappa shape index (κ3) is 5.03. The maximum Gasteiger partial charge on any atom is 0.261 e. The van der Waals surface area contributed by atoms with Crippen molar-refractivity contribution in [2.24, 2.45) is 0 Å². The standard InChI is InChI=1S/C19H22ClNO4/c1-12(17-11-16(23-3)9-10-18(17)24-4)21-19(22)13(2)25-15-7-5-14(20)6-8-15/h5-13H,1-4H3,(H,21,22)/t12-,13+/m1/s1. The SMILES string of the molecule is COc1ccc(OC)c([C@@H](C)NC(=O)[C@H](C)Oc2ccc(Cl)cc2)c1. The zero-order valence-corrected chi connectivity index (χ0v) is 15.5. The van der Waals surface area contributed by atoms with Gasteiger partial charge in [-0.25, -0.2) is 0 Å². The van der Waals surface area contributed by atoms with Crippen molar-refractivity contribution in [3.63, 3.8) is 0 Å². The highest BCUT2D eigenvalue weighted by molar-refractivity contribution is 6.30. The molecule has 1 N–H and O–H groups in total. The molecule has 0 aliphatic heterocycles. The second kappa shape index (κ2) is 8.62. The minimum atomic E-state index is -0.653. The predicted molar refractivity (Wildman–Crippen MR) is 97.6 cm³/mol. The molecule has 0 bridgehead atoms. The first kappa shape index (κ1) is 18.9. The molecule has 0 fully saturated rings. The fraction of sp³-hybridized carbons (Fsp3) is 0.316. The lowest BCUT2D eigenvalue weighted by Crippen LogP contribution is -2.37. The number of methoxy groups -OCH3 is 2. The highest BCUT2D eigenvalue weighted by Gasteiger charge is 2.20. The maximum absolute atomic E-state index is 12.4. The number of nitrogens with one attached hydrogen (secondary N) is 1. The summed E-state index contributed by atoms with van der Waals surface area (Å²) in [6, 6.07) is 12.1. The van der Waals surface area contributed by atoms with Crippen molar-refractivity contribution in [2.75, 3.05) is 14.2 Å². The van der Waals surface area contributed by atoms with E-state index in [2.05, 4.69) is 5.32 Å². The Balaban J connectivity index is 2.05. The second-order valence-corrected chi connectivity index (χ2v) is 5.99. The Hall–Kier alpha value is -2.40. The summed E-state index contributed by atoms with van der Waals surface area (Å²) in [6.45, 7) is 3.57. The minimum absolute atomic E-state index is 0.229. The molecule has 2 atom stereocenters. The van der Waals surface area contributed by atoms with E-state index in [1.54, 1.807) is 45.4 Å². The largest absolute Gasteiger partial charge is 0.497 e. The molecule has 2 rings (SSSR count). The Morgan fingerprint density at radius 2 is 1.64 bits per heavy atom. The van der Waals surface area contributed by atoms with Gasteiger partial charge in [-0.1, -0.05) is 11.6 Å². The van der Waals surface area contributed by atoms with Crippen LogP contribution in [0.1, 0.15) is 25.5 Å². The van der Waals surface area contributed by atoms with Crippen molar-refractivity contribution in [2.45, 2.75) is 26.0 Å².